The summed E-state index contributed by atoms with van der Waals surface area (Å²) in [4.78, 5) is 16.6. The molecule has 0 radical (unpaired) electrons. The molecule has 1 atom stereocenters. The van der Waals surface area contributed by atoms with Crippen molar-refractivity contribution >= 4 is 16.7 Å². The van der Waals surface area contributed by atoms with Gasteiger partial charge in [0.2, 0.25) is 5.95 Å². The molecule has 120 valence electrons. The van der Waals surface area contributed by atoms with Crippen LogP contribution in [-0.2, 0) is 17.2 Å². The summed E-state index contributed by atoms with van der Waals surface area (Å²) in [6.45, 7) is 3.89. The van der Waals surface area contributed by atoms with Crippen LogP contribution >= 0.6 is 0 Å². The van der Waals surface area contributed by atoms with Gasteiger partial charge >= 0.3 is 0 Å². The number of hydrogen-bond donors (Lipinski definition) is 0. The molecule has 1 fully saturated rings. The van der Waals surface area contributed by atoms with Crippen LogP contribution < -0.4 is 4.90 Å². The molecule has 2 aromatic rings. The Balaban J connectivity index is 1.51. The fraction of sp³-hybridized carbons (Fsp3) is 0.471. The van der Waals surface area contributed by atoms with Crippen molar-refractivity contribution in [2.24, 2.45) is 0 Å². The molecule has 4 heterocycles. The van der Waals surface area contributed by atoms with Crippen molar-refractivity contribution in [2.75, 3.05) is 23.7 Å². The van der Waals surface area contributed by atoms with E-state index in [1.54, 1.807) is 0 Å². The van der Waals surface area contributed by atoms with Crippen molar-refractivity contribution in [3.63, 3.8) is 0 Å². The van der Waals surface area contributed by atoms with Gasteiger partial charge in [-0.3, -0.25) is 9.19 Å². The van der Waals surface area contributed by atoms with Crippen molar-refractivity contribution < 1.29 is 4.21 Å². The van der Waals surface area contributed by atoms with Crippen LogP contribution in [0.2, 0.25) is 0 Å². The van der Waals surface area contributed by atoms with Gasteiger partial charge in [0.15, 0.2) is 0 Å². The summed E-state index contributed by atoms with van der Waals surface area (Å²) in [6, 6.07) is 4.23. The molecule has 2 aliphatic heterocycles. The van der Waals surface area contributed by atoms with E-state index in [9.17, 15) is 4.21 Å². The Kier molecular flexibility index (Phi) is 3.85. The van der Waals surface area contributed by atoms with E-state index in [0.29, 0.717) is 11.7 Å². The number of rotatable bonds is 2. The number of piperidine rings is 1. The van der Waals surface area contributed by atoms with Crippen molar-refractivity contribution in [1.29, 1.82) is 0 Å². The number of fused-ring (bicyclic) bond motifs is 1. The SMILES string of the molecule is Cc1nc(N2CCC(c3ccncc3)CC2)nc2c1S(=O)CC2. The average molecular weight is 328 g/mol. The predicted octanol–water partition coefficient (Wildman–Crippen LogP) is 2.23. The van der Waals surface area contributed by atoms with E-state index in [-0.39, 0.29) is 0 Å². The molecular weight excluding hydrogens is 308 g/mol. The summed E-state index contributed by atoms with van der Waals surface area (Å²) >= 11 is 0. The molecule has 2 aliphatic rings. The summed E-state index contributed by atoms with van der Waals surface area (Å²) in [5, 5.41) is 0. The Morgan fingerprint density at radius 3 is 2.65 bits per heavy atom. The molecule has 2 aromatic heterocycles. The molecule has 5 nitrogen and oxygen atoms in total. The normalized spacial score (nSPS) is 21.4. The van der Waals surface area contributed by atoms with E-state index >= 15 is 0 Å². The van der Waals surface area contributed by atoms with Gasteiger partial charge in [-0.15, -0.1) is 0 Å². The van der Waals surface area contributed by atoms with Crippen LogP contribution in [0.5, 0.6) is 0 Å². The number of hydrogen-bond acceptors (Lipinski definition) is 5. The van der Waals surface area contributed by atoms with Gasteiger partial charge in [0.1, 0.15) is 0 Å². The van der Waals surface area contributed by atoms with E-state index in [4.69, 9.17) is 4.98 Å². The highest BCUT2D eigenvalue weighted by Crippen LogP contribution is 2.31. The molecule has 0 aliphatic carbocycles. The van der Waals surface area contributed by atoms with Gasteiger partial charge in [0.05, 0.1) is 27.1 Å². The van der Waals surface area contributed by atoms with Crippen LogP contribution in [0.4, 0.5) is 5.95 Å². The first-order valence-electron chi connectivity index (χ1n) is 8.13. The fourth-order valence-electron chi connectivity index (χ4n) is 3.55. The van der Waals surface area contributed by atoms with E-state index in [2.05, 4.69) is 27.0 Å². The van der Waals surface area contributed by atoms with E-state index in [1.165, 1.54) is 5.56 Å². The monoisotopic (exact) mass is 328 g/mol. The molecule has 0 amide bonds. The Labute approximate surface area is 138 Å². The molecule has 4 rings (SSSR count). The van der Waals surface area contributed by atoms with Gasteiger partial charge in [0.25, 0.3) is 0 Å². The number of nitrogens with zero attached hydrogens (tertiary/aromatic N) is 4. The fourth-order valence-corrected chi connectivity index (χ4v) is 4.92. The highest BCUT2D eigenvalue weighted by Gasteiger charge is 2.27. The maximum atomic E-state index is 12.0. The molecule has 6 heteroatoms. The van der Waals surface area contributed by atoms with E-state index < -0.39 is 10.8 Å². The number of pyridine rings is 1. The molecule has 0 aromatic carbocycles. The first-order chi connectivity index (χ1) is 11.2. The lowest BCUT2D eigenvalue weighted by atomic mass is 9.90. The summed E-state index contributed by atoms with van der Waals surface area (Å²) < 4.78 is 12.0. The molecular formula is C17H20N4OS. The van der Waals surface area contributed by atoms with Crippen LogP contribution in [-0.4, -0.2) is 38.0 Å². The minimum Gasteiger partial charge on any atom is -0.341 e. The van der Waals surface area contributed by atoms with Gasteiger partial charge < -0.3 is 4.90 Å². The third-order valence-corrected chi connectivity index (χ3v) is 6.36. The number of aryl methyl sites for hydroxylation is 2. The van der Waals surface area contributed by atoms with Gasteiger partial charge in [-0.25, -0.2) is 9.97 Å². The molecule has 23 heavy (non-hydrogen) atoms. The Morgan fingerprint density at radius 2 is 1.91 bits per heavy atom. The van der Waals surface area contributed by atoms with Gasteiger partial charge in [0, 0.05) is 37.7 Å². The largest absolute Gasteiger partial charge is 0.341 e. The number of aromatic nitrogens is 3. The second-order valence-corrected chi connectivity index (χ2v) is 7.73. The summed E-state index contributed by atoms with van der Waals surface area (Å²) in [6.07, 6.45) is 6.76. The van der Waals surface area contributed by atoms with Crippen LogP contribution in [0.25, 0.3) is 0 Å². The zero-order chi connectivity index (χ0) is 15.8. The summed E-state index contributed by atoms with van der Waals surface area (Å²) in [5.74, 6) is 2.10. The number of anilines is 1. The standard InChI is InChI=1S/C17H20N4OS/c1-12-16-15(6-11-23(16)22)20-17(19-12)21-9-4-14(5-10-21)13-2-7-18-8-3-13/h2-3,7-8,14H,4-6,9-11H2,1H3. The minimum absolute atomic E-state index is 0.595. The molecule has 0 N–H and O–H groups in total. The first kappa shape index (κ1) is 14.8. The second kappa shape index (κ2) is 6.00. The van der Waals surface area contributed by atoms with Crippen molar-refractivity contribution in [3.8, 4) is 0 Å². The molecule has 1 saturated heterocycles. The lowest BCUT2D eigenvalue weighted by molar-refractivity contribution is 0.498. The van der Waals surface area contributed by atoms with Crippen LogP contribution in [0.15, 0.2) is 29.4 Å². The Bertz CT molecular complexity index is 742. The quantitative estimate of drug-likeness (QED) is 0.846. The van der Waals surface area contributed by atoms with Crippen molar-refractivity contribution in [1.82, 2.24) is 15.0 Å². The van der Waals surface area contributed by atoms with Gasteiger partial charge in [-0.2, -0.15) is 0 Å². The molecule has 0 spiro atoms. The highest BCUT2D eigenvalue weighted by molar-refractivity contribution is 7.85. The Morgan fingerprint density at radius 1 is 1.17 bits per heavy atom. The molecule has 0 saturated carbocycles. The average Bonchev–Trinajstić information content (AvgIpc) is 2.97. The zero-order valence-corrected chi connectivity index (χ0v) is 14.1. The third-order valence-electron chi connectivity index (χ3n) is 4.80. The van der Waals surface area contributed by atoms with Crippen LogP contribution in [0.1, 0.15) is 35.7 Å². The smallest absolute Gasteiger partial charge is 0.225 e. The third kappa shape index (κ3) is 2.76. The molecule has 1 unspecified atom stereocenters. The lowest BCUT2D eigenvalue weighted by Crippen LogP contribution is -2.34. The predicted molar refractivity (Wildman–Crippen MR) is 90.2 cm³/mol. The maximum Gasteiger partial charge on any atom is 0.225 e. The topological polar surface area (TPSA) is 59.0 Å². The second-order valence-electron chi connectivity index (χ2n) is 6.23. The molecule has 0 bridgehead atoms. The highest BCUT2D eigenvalue weighted by atomic mass is 32.2. The summed E-state index contributed by atoms with van der Waals surface area (Å²) in [7, 11) is -0.903. The lowest BCUT2D eigenvalue weighted by Gasteiger charge is -2.32. The maximum absolute atomic E-state index is 12.0. The summed E-state index contributed by atoms with van der Waals surface area (Å²) in [5.41, 5.74) is 3.25. The van der Waals surface area contributed by atoms with Crippen molar-refractivity contribution in [2.45, 2.75) is 37.0 Å². The van der Waals surface area contributed by atoms with Crippen molar-refractivity contribution in [3.05, 3.63) is 41.5 Å². The Hall–Kier alpha value is -1.82. The minimum atomic E-state index is -0.903. The zero-order valence-electron chi connectivity index (χ0n) is 13.2. The van der Waals surface area contributed by atoms with Crippen LogP contribution in [0, 0.1) is 6.92 Å². The van der Waals surface area contributed by atoms with Gasteiger partial charge in [-0.05, 0) is 43.4 Å². The van der Waals surface area contributed by atoms with Crippen LogP contribution in [0.3, 0.4) is 0 Å². The van der Waals surface area contributed by atoms with E-state index in [1.807, 2.05) is 19.3 Å². The van der Waals surface area contributed by atoms with E-state index in [0.717, 1.165) is 54.6 Å². The van der Waals surface area contributed by atoms with Gasteiger partial charge in [-0.1, -0.05) is 0 Å². The first-order valence-corrected chi connectivity index (χ1v) is 9.45.